The second kappa shape index (κ2) is 6.25. The molecule has 0 bridgehead atoms. The number of methoxy groups -OCH3 is 1. The Morgan fingerprint density at radius 3 is 2.44 bits per heavy atom. The lowest BCUT2D eigenvalue weighted by atomic mass is 9.95. The van der Waals surface area contributed by atoms with Crippen molar-refractivity contribution in [1.29, 1.82) is 0 Å². The molecule has 0 spiro atoms. The van der Waals surface area contributed by atoms with E-state index in [1.807, 2.05) is 54.6 Å². The van der Waals surface area contributed by atoms with Gasteiger partial charge >= 0.3 is 0 Å². The first-order valence-electron chi connectivity index (χ1n) is 8.62. The van der Waals surface area contributed by atoms with Crippen molar-refractivity contribution in [2.75, 3.05) is 13.7 Å². The van der Waals surface area contributed by atoms with Crippen LogP contribution < -0.4 is 10.1 Å². The van der Waals surface area contributed by atoms with Crippen LogP contribution in [0, 0.1) is 0 Å². The van der Waals surface area contributed by atoms with Crippen LogP contribution >= 0.6 is 0 Å². The van der Waals surface area contributed by atoms with Crippen LogP contribution in [-0.4, -0.2) is 19.6 Å². The van der Waals surface area contributed by atoms with Crippen LogP contribution in [0.15, 0.2) is 66.7 Å². The largest absolute Gasteiger partial charge is 0.497 e. The van der Waals surface area contributed by atoms with Gasteiger partial charge in [0.25, 0.3) is 5.91 Å². The molecule has 1 N–H and O–H groups in total. The molecule has 0 radical (unpaired) electrons. The van der Waals surface area contributed by atoms with Crippen LogP contribution in [-0.2, 0) is 5.41 Å². The summed E-state index contributed by atoms with van der Waals surface area (Å²) in [6.45, 7) is 0.668. The Bertz CT molecular complexity index is 905. The topological polar surface area (TPSA) is 38.3 Å². The number of benzene rings is 3. The van der Waals surface area contributed by atoms with E-state index in [1.165, 1.54) is 5.56 Å². The van der Waals surface area contributed by atoms with E-state index < -0.39 is 0 Å². The molecule has 1 saturated carbocycles. The molecule has 3 aromatic rings. The van der Waals surface area contributed by atoms with E-state index in [4.69, 9.17) is 4.74 Å². The smallest absolute Gasteiger partial charge is 0.251 e. The number of fused-ring (bicyclic) bond motifs is 1. The third-order valence-corrected chi connectivity index (χ3v) is 5.18. The van der Waals surface area contributed by atoms with Crippen LogP contribution in [0.5, 0.6) is 5.75 Å². The van der Waals surface area contributed by atoms with Gasteiger partial charge in [-0.05, 0) is 47.4 Å². The predicted molar refractivity (Wildman–Crippen MR) is 100 cm³/mol. The van der Waals surface area contributed by atoms with E-state index in [9.17, 15) is 4.79 Å². The number of hydrogen-bond acceptors (Lipinski definition) is 2. The average Bonchev–Trinajstić information content (AvgIpc) is 3.47. The number of amides is 1. The number of carbonyl (C=O) groups excluding carboxylic acids is 1. The van der Waals surface area contributed by atoms with Crippen molar-refractivity contribution in [1.82, 2.24) is 5.32 Å². The molecule has 3 aromatic carbocycles. The summed E-state index contributed by atoms with van der Waals surface area (Å²) < 4.78 is 5.23. The lowest BCUT2D eigenvalue weighted by Gasteiger charge is -2.17. The van der Waals surface area contributed by atoms with Crippen LogP contribution in [0.2, 0.25) is 0 Å². The molecule has 1 aliphatic rings. The van der Waals surface area contributed by atoms with E-state index in [0.29, 0.717) is 6.54 Å². The van der Waals surface area contributed by atoms with Gasteiger partial charge < -0.3 is 10.1 Å². The van der Waals surface area contributed by atoms with Gasteiger partial charge in [0, 0.05) is 17.5 Å². The maximum atomic E-state index is 12.7. The van der Waals surface area contributed by atoms with Crippen LogP contribution in [0.4, 0.5) is 0 Å². The standard InChI is InChI=1S/C22H21NO2/c1-25-18-11-9-17(10-12-18)22(13-14-22)15-23-21(24)20-8-4-6-16-5-2-3-7-19(16)20/h2-12H,13-15H2,1H3,(H,23,24). The first kappa shape index (κ1) is 15.7. The van der Waals surface area contributed by atoms with Gasteiger partial charge in [0.1, 0.15) is 5.75 Å². The van der Waals surface area contributed by atoms with Gasteiger partial charge in [0.15, 0.2) is 0 Å². The first-order chi connectivity index (χ1) is 12.2. The molecule has 1 fully saturated rings. The molecule has 0 heterocycles. The Labute approximate surface area is 147 Å². The molecule has 3 nitrogen and oxygen atoms in total. The monoisotopic (exact) mass is 331 g/mol. The van der Waals surface area contributed by atoms with E-state index in [2.05, 4.69) is 17.4 Å². The van der Waals surface area contributed by atoms with Gasteiger partial charge in [-0.25, -0.2) is 0 Å². The molecule has 25 heavy (non-hydrogen) atoms. The van der Waals surface area contributed by atoms with Crippen molar-refractivity contribution < 1.29 is 9.53 Å². The second-order valence-corrected chi connectivity index (χ2v) is 6.72. The van der Waals surface area contributed by atoms with Crippen LogP contribution in [0.25, 0.3) is 10.8 Å². The van der Waals surface area contributed by atoms with Gasteiger partial charge in [-0.1, -0.05) is 48.5 Å². The number of hydrogen-bond donors (Lipinski definition) is 1. The highest BCUT2D eigenvalue weighted by molar-refractivity contribution is 6.07. The molecular weight excluding hydrogens is 310 g/mol. The minimum absolute atomic E-state index is 0.00316. The summed E-state index contributed by atoms with van der Waals surface area (Å²) in [6.07, 6.45) is 2.21. The van der Waals surface area contributed by atoms with Crippen molar-refractivity contribution in [3.8, 4) is 5.75 Å². The predicted octanol–water partition coefficient (Wildman–Crippen LogP) is 4.31. The Morgan fingerprint density at radius 1 is 1.00 bits per heavy atom. The minimum Gasteiger partial charge on any atom is -0.497 e. The quantitative estimate of drug-likeness (QED) is 0.756. The van der Waals surface area contributed by atoms with Crippen LogP contribution in [0.1, 0.15) is 28.8 Å². The molecule has 0 aromatic heterocycles. The first-order valence-corrected chi connectivity index (χ1v) is 8.62. The number of carbonyl (C=O) groups is 1. The number of rotatable bonds is 5. The summed E-state index contributed by atoms with van der Waals surface area (Å²) in [6, 6.07) is 22.1. The lowest BCUT2D eigenvalue weighted by Crippen LogP contribution is -2.32. The van der Waals surface area contributed by atoms with E-state index in [-0.39, 0.29) is 11.3 Å². The zero-order valence-corrected chi connectivity index (χ0v) is 14.3. The molecule has 1 aliphatic carbocycles. The molecule has 126 valence electrons. The van der Waals surface area contributed by atoms with Gasteiger partial charge in [-0.3, -0.25) is 4.79 Å². The minimum atomic E-state index is -0.00316. The summed E-state index contributed by atoms with van der Waals surface area (Å²) in [5.41, 5.74) is 2.09. The van der Waals surface area contributed by atoms with Crippen molar-refractivity contribution in [2.24, 2.45) is 0 Å². The van der Waals surface area contributed by atoms with Gasteiger partial charge in [0.05, 0.1) is 7.11 Å². The highest BCUT2D eigenvalue weighted by atomic mass is 16.5. The summed E-state index contributed by atoms with van der Waals surface area (Å²) in [5.74, 6) is 0.857. The normalized spacial score (nSPS) is 14.9. The number of nitrogens with one attached hydrogen (secondary N) is 1. The molecule has 1 amide bonds. The zero-order valence-electron chi connectivity index (χ0n) is 14.3. The third-order valence-electron chi connectivity index (χ3n) is 5.18. The lowest BCUT2D eigenvalue weighted by molar-refractivity contribution is 0.0951. The van der Waals surface area contributed by atoms with E-state index >= 15 is 0 Å². The molecular formula is C22H21NO2. The molecule has 0 saturated heterocycles. The SMILES string of the molecule is COc1ccc(C2(CNC(=O)c3cccc4ccccc34)CC2)cc1. The fourth-order valence-electron chi connectivity index (χ4n) is 3.43. The second-order valence-electron chi connectivity index (χ2n) is 6.72. The Morgan fingerprint density at radius 2 is 1.72 bits per heavy atom. The summed E-state index contributed by atoms with van der Waals surface area (Å²) in [5, 5.41) is 5.24. The Kier molecular flexibility index (Phi) is 3.92. The van der Waals surface area contributed by atoms with Crippen molar-refractivity contribution in [2.45, 2.75) is 18.3 Å². The fraction of sp³-hybridized carbons (Fsp3) is 0.227. The maximum Gasteiger partial charge on any atom is 0.251 e. The van der Waals surface area contributed by atoms with Gasteiger partial charge in [0.2, 0.25) is 0 Å². The number of ether oxygens (including phenoxy) is 1. The Hall–Kier alpha value is -2.81. The summed E-state index contributed by atoms with van der Waals surface area (Å²) in [4.78, 5) is 12.7. The van der Waals surface area contributed by atoms with Gasteiger partial charge in [-0.15, -0.1) is 0 Å². The highest BCUT2D eigenvalue weighted by Gasteiger charge is 2.44. The maximum absolute atomic E-state index is 12.7. The van der Waals surface area contributed by atoms with Crippen molar-refractivity contribution in [3.63, 3.8) is 0 Å². The molecule has 0 aliphatic heterocycles. The van der Waals surface area contributed by atoms with E-state index in [1.54, 1.807) is 7.11 Å². The molecule has 0 atom stereocenters. The average molecular weight is 331 g/mol. The van der Waals surface area contributed by atoms with Crippen LogP contribution in [0.3, 0.4) is 0 Å². The molecule has 4 rings (SSSR count). The van der Waals surface area contributed by atoms with Crippen molar-refractivity contribution >= 4 is 16.7 Å². The highest BCUT2D eigenvalue weighted by Crippen LogP contribution is 2.47. The van der Waals surface area contributed by atoms with Gasteiger partial charge in [-0.2, -0.15) is 0 Å². The summed E-state index contributed by atoms with van der Waals surface area (Å²) in [7, 11) is 1.67. The fourth-order valence-corrected chi connectivity index (χ4v) is 3.43. The third kappa shape index (κ3) is 2.98. The molecule has 3 heteroatoms. The molecule has 0 unspecified atom stereocenters. The van der Waals surface area contributed by atoms with Crippen molar-refractivity contribution in [3.05, 3.63) is 77.9 Å². The Balaban J connectivity index is 1.51. The summed E-state index contributed by atoms with van der Waals surface area (Å²) >= 11 is 0. The van der Waals surface area contributed by atoms with E-state index in [0.717, 1.165) is 34.9 Å². The zero-order chi connectivity index (χ0) is 17.3.